The predicted octanol–water partition coefficient (Wildman–Crippen LogP) is 1.54. The molecule has 2 aliphatic rings. The molecule has 2 aliphatic heterocycles. The molecule has 0 bridgehead atoms. The molecule has 2 heterocycles. The number of rotatable bonds is 3. The number of halogens is 2. The molecule has 0 aliphatic carbocycles. The lowest BCUT2D eigenvalue weighted by Gasteiger charge is -2.33. The zero-order chi connectivity index (χ0) is 17.5. The first-order valence-corrected chi connectivity index (χ1v) is 7.53. The maximum Gasteiger partial charge on any atom is 0.311 e. The van der Waals surface area contributed by atoms with E-state index in [2.05, 4.69) is 0 Å². The van der Waals surface area contributed by atoms with Crippen LogP contribution in [0.2, 0.25) is 0 Å². The number of benzene rings is 1. The van der Waals surface area contributed by atoms with Crippen LogP contribution >= 0.6 is 0 Å². The Morgan fingerprint density at radius 2 is 2.08 bits per heavy atom. The summed E-state index contributed by atoms with van der Waals surface area (Å²) < 4.78 is 38.1. The van der Waals surface area contributed by atoms with Gasteiger partial charge in [-0.3, -0.25) is 9.59 Å². The van der Waals surface area contributed by atoms with Crippen LogP contribution in [0.5, 0.6) is 5.75 Å². The van der Waals surface area contributed by atoms with Crippen molar-refractivity contribution >= 4 is 11.9 Å². The van der Waals surface area contributed by atoms with E-state index in [4.69, 9.17) is 9.47 Å². The van der Waals surface area contributed by atoms with Crippen molar-refractivity contribution in [1.29, 1.82) is 0 Å². The molecule has 1 aromatic rings. The van der Waals surface area contributed by atoms with E-state index in [9.17, 15) is 23.5 Å². The van der Waals surface area contributed by atoms with Gasteiger partial charge >= 0.3 is 5.97 Å². The van der Waals surface area contributed by atoms with Crippen LogP contribution in [0.25, 0.3) is 0 Å². The highest BCUT2D eigenvalue weighted by Gasteiger charge is 2.55. The molecule has 1 N–H and O–H groups in total. The van der Waals surface area contributed by atoms with Crippen LogP contribution in [0.3, 0.4) is 0 Å². The number of fused-ring (bicyclic) bond motifs is 1. The number of hydrogen-bond acceptors (Lipinski definition) is 4. The Labute approximate surface area is 137 Å². The van der Waals surface area contributed by atoms with Crippen LogP contribution in [-0.4, -0.2) is 55.3 Å². The van der Waals surface area contributed by atoms with Gasteiger partial charge in [0.1, 0.15) is 11.4 Å². The summed E-state index contributed by atoms with van der Waals surface area (Å²) in [5, 5.41) is 9.62. The summed E-state index contributed by atoms with van der Waals surface area (Å²) >= 11 is 0. The second-order valence-corrected chi connectivity index (χ2v) is 6.11. The molecule has 0 unspecified atom stereocenters. The lowest BCUT2D eigenvalue weighted by atomic mass is 9.74. The second kappa shape index (κ2) is 6.01. The summed E-state index contributed by atoms with van der Waals surface area (Å²) in [6.07, 6.45) is 0.277. The van der Waals surface area contributed by atoms with Crippen LogP contribution in [0.1, 0.15) is 16.8 Å². The normalized spacial score (nSPS) is 26.1. The van der Waals surface area contributed by atoms with Gasteiger partial charge in [-0.2, -0.15) is 0 Å². The molecule has 0 aromatic heterocycles. The van der Waals surface area contributed by atoms with Crippen molar-refractivity contribution in [3.05, 3.63) is 29.3 Å². The van der Waals surface area contributed by atoms with Crippen LogP contribution in [0.4, 0.5) is 8.78 Å². The van der Waals surface area contributed by atoms with Crippen molar-refractivity contribution in [3.8, 4) is 5.75 Å². The summed E-state index contributed by atoms with van der Waals surface area (Å²) in [5.41, 5.74) is -1.62. The molecule has 130 valence electrons. The Kier molecular flexibility index (Phi) is 4.16. The molecule has 3 rings (SSSR count). The molecule has 6 nitrogen and oxygen atoms in total. The molecule has 0 saturated carbocycles. The predicted molar refractivity (Wildman–Crippen MR) is 77.8 cm³/mol. The molecule has 0 spiro atoms. The zero-order valence-electron chi connectivity index (χ0n) is 13.1. The summed E-state index contributed by atoms with van der Waals surface area (Å²) in [5.74, 6) is -4.40. The minimum Gasteiger partial charge on any atom is -0.493 e. The number of methoxy groups -OCH3 is 1. The van der Waals surface area contributed by atoms with E-state index in [1.54, 1.807) is 0 Å². The molecular formula is C16H17F2NO5. The van der Waals surface area contributed by atoms with E-state index < -0.39 is 40.2 Å². The van der Waals surface area contributed by atoms with Crippen LogP contribution in [-0.2, 0) is 9.53 Å². The number of aliphatic carboxylic acids is 1. The third-order valence-corrected chi connectivity index (χ3v) is 4.90. The Hall–Kier alpha value is -2.22. The van der Waals surface area contributed by atoms with Gasteiger partial charge in [0.2, 0.25) is 0 Å². The van der Waals surface area contributed by atoms with Gasteiger partial charge in [-0.05, 0) is 18.6 Å². The monoisotopic (exact) mass is 341 g/mol. The van der Waals surface area contributed by atoms with Gasteiger partial charge in [0.05, 0.1) is 19.1 Å². The maximum atomic E-state index is 14.1. The summed E-state index contributed by atoms with van der Waals surface area (Å²) in [6, 6.07) is 1.73. The van der Waals surface area contributed by atoms with Gasteiger partial charge in [-0.1, -0.05) is 0 Å². The average Bonchev–Trinajstić information content (AvgIpc) is 2.97. The molecule has 24 heavy (non-hydrogen) atoms. The van der Waals surface area contributed by atoms with E-state index in [1.807, 2.05) is 0 Å². The van der Waals surface area contributed by atoms with Crippen molar-refractivity contribution in [2.45, 2.75) is 6.42 Å². The Morgan fingerprint density at radius 3 is 2.71 bits per heavy atom. The van der Waals surface area contributed by atoms with Gasteiger partial charge in [-0.15, -0.1) is 0 Å². The fourth-order valence-electron chi connectivity index (χ4n) is 3.54. The van der Waals surface area contributed by atoms with Gasteiger partial charge in [0.25, 0.3) is 5.91 Å². The van der Waals surface area contributed by atoms with Crippen LogP contribution < -0.4 is 4.74 Å². The molecular weight excluding hydrogens is 324 g/mol. The number of likely N-dealkylation sites (tertiary alicyclic amines) is 1. The number of amides is 1. The number of carboxylic acid groups (broad SMARTS) is 1. The maximum absolute atomic E-state index is 14.1. The first-order chi connectivity index (χ1) is 11.4. The largest absolute Gasteiger partial charge is 0.493 e. The molecule has 0 radical (unpaired) electrons. The fourth-order valence-corrected chi connectivity index (χ4v) is 3.54. The number of hydrogen-bond donors (Lipinski definition) is 1. The van der Waals surface area contributed by atoms with Gasteiger partial charge in [0, 0.05) is 25.6 Å². The van der Waals surface area contributed by atoms with Crippen LogP contribution in [0, 0.1) is 23.0 Å². The standard InChI is InChI=1S/C16H17F2NO5/c1-23-13-11(18)3-2-10(17)12(13)14(20)19-6-9-7-24-5-4-16(9,8-19)15(21)22/h2-3,9H,4-8H2,1H3,(H,21,22)/t9-,16+/m0/s1. The van der Waals surface area contributed by atoms with Crippen LogP contribution in [0.15, 0.2) is 12.1 Å². The van der Waals surface area contributed by atoms with Crippen molar-refractivity contribution in [1.82, 2.24) is 4.90 Å². The van der Waals surface area contributed by atoms with E-state index in [0.29, 0.717) is 6.61 Å². The van der Waals surface area contributed by atoms with Gasteiger partial charge in [0.15, 0.2) is 11.6 Å². The highest BCUT2D eigenvalue weighted by Crippen LogP contribution is 2.43. The number of carbonyl (C=O) groups is 2. The molecule has 2 fully saturated rings. The topological polar surface area (TPSA) is 76.1 Å². The molecule has 2 saturated heterocycles. The van der Waals surface area contributed by atoms with Crippen molar-refractivity contribution in [2.24, 2.45) is 11.3 Å². The fraction of sp³-hybridized carbons (Fsp3) is 0.500. The Balaban J connectivity index is 1.95. The summed E-state index contributed by atoms with van der Waals surface area (Å²) in [6.45, 7) is 0.569. The lowest BCUT2D eigenvalue weighted by molar-refractivity contribution is -0.157. The molecule has 8 heteroatoms. The number of carboxylic acids is 1. The van der Waals surface area contributed by atoms with Gasteiger partial charge in [-0.25, -0.2) is 8.78 Å². The minimum absolute atomic E-state index is 0.0612. The number of ether oxygens (including phenoxy) is 2. The first-order valence-electron chi connectivity index (χ1n) is 7.53. The first kappa shape index (κ1) is 16.6. The highest BCUT2D eigenvalue weighted by atomic mass is 19.1. The SMILES string of the molecule is COc1c(F)ccc(F)c1C(=O)N1C[C@H]2COCC[C@@]2(C(=O)O)C1. The second-order valence-electron chi connectivity index (χ2n) is 6.11. The quantitative estimate of drug-likeness (QED) is 0.902. The van der Waals surface area contributed by atoms with E-state index in [1.165, 1.54) is 4.90 Å². The molecule has 1 aromatic carbocycles. The third kappa shape index (κ3) is 2.41. The van der Waals surface area contributed by atoms with Gasteiger partial charge < -0.3 is 19.5 Å². The van der Waals surface area contributed by atoms with E-state index >= 15 is 0 Å². The zero-order valence-corrected chi connectivity index (χ0v) is 13.1. The van der Waals surface area contributed by atoms with Crippen molar-refractivity contribution in [2.75, 3.05) is 33.4 Å². The Morgan fingerprint density at radius 1 is 1.38 bits per heavy atom. The summed E-state index contributed by atoms with van der Waals surface area (Å²) in [4.78, 5) is 25.7. The minimum atomic E-state index is -1.11. The smallest absolute Gasteiger partial charge is 0.311 e. The number of nitrogens with zero attached hydrogens (tertiary/aromatic N) is 1. The van der Waals surface area contributed by atoms with Crippen molar-refractivity contribution < 1.29 is 33.0 Å². The van der Waals surface area contributed by atoms with Crippen molar-refractivity contribution in [3.63, 3.8) is 0 Å². The molecule has 1 amide bonds. The van der Waals surface area contributed by atoms with E-state index in [0.717, 1.165) is 19.2 Å². The lowest BCUT2D eigenvalue weighted by Crippen LogP contribution is -2.45. The highest BCUT2D eigenvalue weighted by molar-refractivity contribution is 5.98. The van der Waals surface area contributed by atoms with E-state index in [-0.39, 0.29) is 32.0 Å². The summed E-state index contributed by atoms with van der Waals surface area (Å²) in [7, 11) is 1.14. The third-order valence-electron chi connectivity index (χ3n) is 4.90. The Bertz CT molecular complexity index is 695. The molecule has 2 atom stereocenters. The number of carbonyl (C=O) groups excluding carboxylic acids is 1. The average molecular weight is 341 g/mol.